The van der Waals surface area contributed by atoms with Crippen LogP contribution in [0.15, 0.2) is 78.9 Å². The monoisotopic (exact) mass is 470 g/mol. The number of nitrogens with zero attached hydrogens (tertiary/aromatic N) is 1. The first kappa shape index (κ1) is 24.0. The second-order valence-electron chi connectivity index (χ2n) is 8.59. The summed E-state index contributed by atoms with van der Waals surface area (Å²) < 4.78 is 0. The van der Waals surface area contributed by atoms with Crippen molar-refractivity contribution in [1.82, 2.24) is 4.90 Å². The summed E-state index contributed by atoms with van der Waals surface area (Å²) in [5, 5.41) is 8.76. The topological polar surface area (TPSA) is 90.5 Å². The average molecular weight is 471 g/mol. The van der Waals surface area contributed by atoms with E-state index in [1.807, 2.05) is 29.2 Å². The smallest absolute Gasteiger partial charge is 0.255 e. The lowest BCUT2D eigenvalue weighted by atomic mass is 10.1. The number of nitrogens with one attached hydrogen (secondary N) is 3. The van der Waals surface area contributed by atoms with Gasteiger partial charge in [0, 0.05) is 41.3 Å². The molecule has 0 aromatic heterocycles. The van der Waals surface area contributed by atoms with Gasteiger partial charge in [0.15, 0.2) is 0 Å². The van der Waals surface area contributed by atoms with E-state index in [4.69, 9.17) is 0 Å². The lowest BCUT2D eigenvalue weighted by Gasteiger charge is -2.20. The van der Waals surface area contributed by atoms with Gasteiger partial charge >= 0.3 is 0 Å². The summed E-state index contributed by atoms with van der Waals surface area (Å²) in [6, 6.07) is 23.2. The third-order valence-corrected chi connectivity index (χ3v) is 5.90. The highest BCUT2D eigenvalue weighted by Crippen LogP contribution is 2.18. The normalized spacial score (nSPS) is 13.4. The van der Waals surface area contributed by atoms with E-state index in [0.717, 1.165) is 25.9 Å². The first-order chi connectivity index (χ1) is 17.1. The van der Waals surface area contributed by atoms with Gasteiger partial charge in [-0.25, -0.2) is 0 Å². The Morgan fingerprint density at radius 1 is 0.657 bits per heavy atom. The summed E-state index contributed by atoms with van der Waals surface area (Å²) in [6.45, 7) is 1.63. The van der Waals surface area contributed by atoms with Gasteiger partial charge < -0.3 is 20.9 Å². The minimum atomic E-state index is -0.235. The molecule has 35 heavy (non-hydrogen) atoms. The molecule has 0 atom stereocenters. The third-order valence-electron chi connectivity index (χ3n) is 5.90. The van der Waals surface area contributed by atoms with Gasteiger partial charge in [-0.05, 0) is 61.4 Å². The molecule has 3 amide bonds. The van der Waals surface area contributed by atoms with Crippen LogP contribution in [0.2, 0.25) is 0 Å². The maximum atomic E-state index is 12.9. The van der Waals surface area contributed by atoms with E-state index in [1.165, 1.54) is 12.8 Å². The van der Waals surface area contributed by atoms with Crippen molar-refractivity contribution in [3.05, 3.63) is 90.0 Å². The van der Waals surface area contributed by atoms with Crippen molar-refractivity contribution >= 4 is 34.8 Å². The fourth-order valence-electron chi connectivity index (χ4n) is 4.07. The number of likely N-dealkylation sites (tertiary alicyclic amines) is 1. The van der Waals surface area contributed by atoms with Crippen LogP contribution in [0.25, 0.3) is 0 Å². The predicted molar refractivity (Wildman–Crippen MR) is 139 cm³/mol. The van der Waals surface area contributed by atoms with Crippen molar-refractivity contribution in [3.8, 4) is 0 Å². The van der Waals surface area contributed by atoms with Gasteiger partial charge in [-0.2, -0.15) is 0 Å². The number of rotatable bonds is 7. The molecule has 1 fully saturated rings. The van der Waals surface area contributed by atoms with Crippen LogP contribution in [0.1, 0.15) is 46.4 Å². The molecule has 0 bridgehead atoms. The highest BCUT2D eigenvalue weighted by molar-refractivity contribution is 6.04. The quantitative estimate of drug-likeness (QED) is 0.453. The van der Waals surface area contributed by atoms with Crippen molar-refractivity contribution < 1.29 is 14.4 Å². The van der Waals surface area contributed by atoms with Crippen molar-refractivity contribution in [2.75, 3.05) is 35.6 Å². The van der Waals surface area contributed by atoms with E-state index >= 15 is 0 Å². The van der Waals surface area contributed by atoms with Gasteiger partial charge in [0.1, 0.15) is 0 Å². The number of benzene rings is 3. The van der Waals surface area contributed by atoms with E-state index < -0.39 is 0 Å². The van der Waals surface area contributed by atoms with Gasteiger partial charge in [0.2, 0.25) is 5.91 Å². The lowest BCUT2D eigenvalue weighted by molar-refractivity contribution is -0.114. The zero-order chi connectivity index (χ0) is 24.5. The minimum absolute atomic E-state index is 0.0365. The van der Waals surface area contributed by atoms with Crippen LogP contribution < -0.4 is 16.0 Å². The van der Waals surface area contributed by atoms with Gasteiger partial charge in [0.25, 0.3) is 11.8 Å². The molecule has 4 rings (SSSR count). The molecular formula is C28H30N4O3. The van der Waals surface area contributed by atoms with E-state index in [-0.39, 0.29) is 24.3 Å². The van der Waals surface area contributed by atoms with E-state index in [9.17, 15) is 14.4 Å². The Balaban J connectivity index is 1.31. The molecule has 180 valence electrons. The maximum Gasteiger partial charge on any atom is 0.255 e. The van der Waals surface area contributed by atoms with Gasteiger partial charge in [0.05, 0.1) is 6.54 Å². The molecule has 0 radical (unpaired) electrons. The number of hydrogen-bond donors (Lipinski definition) is 3. The molecule has 1 heterocycles. The minimum Gasteiger partial charge on any atom is -0.376 e. The first-order valence-corrected chi connectivity index (χ1v) is 12.0. The third kappa shape index (κ3) is 6.93. The van der Waals surface area contributed by atoms with Crippen LogP contribution in [-0.2, 0) is 4.79 Å². The van der Waals surface area contributed by atoms with E-state index in [1.54, 1.807) is 54.6 Å². The van der Waals surface area contributed by atoms with Crippen molar-refractivity contribution in [2.45, 2.75) is 25.7 Å². The Morgan fingerprint density at radius 3 is 2.03 bits per heavy atom. The molecule has 0 spiro atoms. The Bertz CT molecular complexity index is 1170. The molecule has 3 aromatic rings. The molecule has 1 saturated heterocycles. The summed E-state index contributed by atoms with van der Waals surface area (Å²) in [5.74, 6) is -0.416. The highest BCUT2D eigenvalue weighted by Gasteiger charge is 2.17. The van der Waals surface area contributed by atoms with Crippen LogP contribution in [0.5, 0.6) is 0 Å². The zero-order valence-electron chi connectivity index (χ0n) is 19.6. The molecule has 3 aromatic carbocycles. The van der Waals surface area contributed by atoms with E-state index in [0.29, 0.717) is 28.2 Å². The van der Waals surface area contributed by atoms with Gasteiger partial charge in [-0.15, -0.1) is 0 Å². The average Bonchev–Trinajstić information content (AvgIpc) is 3.18. The van der Waals surface area contributed by atoms with Crippen LogP contribution in [0, 0.1) is 0 Å². The number of carbonyl (C=O) groups excluding carboxylic acids is 3. The van der Waals surface area contributed by atoms with Crippen LogP contribution in [0.4, 0.5) is 17.1 Å². The number of hydrogen-bond acceptors (Lipinski definition) is 4. The summed E-state index contributed by atoms with van der Waals surface area (Å²) in [5.41, 5.74) is 3.06. The van der Waals surface area contributed by atoms with E-state index in [2.05, 4.69) is 16.0 Å². The van der Waals surface area contributed by atoms with Gasteiger partial charge in [-0.1, -0.05) is 43.2 Å². The summed E-state index contributed by atoms with van der Waals surface area (Å²) in [4.78, 5) is 39.7. The van der Waals surface area contributed by atoms with Crippen LogP contribution >= 0.6 is 0 Å². The highest BCUT2D eigenvalue weighted by atomic mass is 16.2. The Labute approximate surface area is 205 Å². The maximum absolute atomic E-state index is 12.9. The fourth-order valence-corrected chi connectivity index (χ4v) is 4.07. The number of carbonyl (C=O) groups is 3. The van der Waals surface area contributed by atoms with Crippen molar-refractivity contribution in [3.63, 3.8) is 0 Å². The Kier molecular flexibility index (Phi) is 8.12. The van der Waals surface area contributed by atoms with Crippen molar-refractivity contribution in [2.24, 2.45) is 0 Å². The molecule has 1 aliphatic rings. The predicted octanol–water partition coefficient (Wildman–Crippen LogP) is 5.01. The summed E-state index contributed by atoms with van der Waals surface area (Å²) in [6.07, 6.45) is 4.42. The van der Waals surface area contributed by atoms with Crippen molar-refractivity contribution in [1.29, 1.82) is 0 Å². The standard InChI is InChI=1S/C28H30N4O3/c33-26(30-24-14-9-15-25(19-24)31-27(34)21-10-4-3-5-11-21)20-29-23-13-8-12-22(18-23)28(35)32-16-6-1-2-7-17-32/h3-5,8-15,18-19,29H,1-2,6-7,16-17,20H2,(H,30,33)(H,31,34). The Hall–Kier alpha value is -4.13. The summed E-state index contributed by atoms with van der Waals surface area (Å²) >= 11 is 0. The second-order valence-corrected chi connectivity index (χ2v) is 8.59. The Morgan fingerprint density at radius 2 is 1.29 bits per heavy atom. The second kappa shape index (κ2) is 11.8. The molecule has 0 aliphatic carbocycles. The summed E-state index contributed by atoms with van der Waals surface area (Å²) in [7, 11) is 0. The van der Waals surface area contributed by atoms with Crippen LogP contribution in [0.3, 0.4) is 0 Å². The molecule has 0 saturated carbocycles. The lowest BCUT2D eigenvalue weighted by Crippen LogP contribution is -2.31. The molecule has 1 aliphatic heterocycles. The number of amides is 3. The first-order valence-electron chi connectivity index (χ1n) is 12.0. The fraction of sp³-hybridized carbons (Fsp3) is 0.250. The van der Waals surface area contributed by atoms with Crippen LogP contribution in [-0.4, -0.2) is 42.3 Å². The molecular weight excluding hydrogens is 440 g/mol. The SMILES string of the molecule is O=C(CNc1cccc(C(=O)N2CCCCCC2)c1)Nc1cccc(NC(=O)c2ccccc2)c1. The number of anilines is 3. The largest absolute Gasteiger partial charge is 0.376 e. The molecule has 0 unspecified atom stereocenters. The molecule has 3 N–H and O–H groups in total. The zero-order valence-corrected chi connectivity index (χ0v) is 19.6. The molecule has 7 nitrogen and oxygen atoms in total. The van der Waals surface area contributed by atoms with Gasteiger partial charge in [-0.3, -0.25) is 14.4 Å². The molecule has 7 heteroatoms.